The largest absolute Gasteiger partial charge is 0.480 e. The molecule has 0 saturated carbocycles. The van der Waals surface area contributed by atoms with Gasteiger partial charge in [-0.3, -0.25) is 0 Å². The summed E-state index contributed by atoms with van der Waals surface area (Å²) in [5, 5.41) is 11.9. The topological polar surface area (TPSA) is 72.9 Å². The number of carbonyl (C=O) groups is 2. The number of rotatable bonds is 6. The summed E-state index contributed by atoms with van der Waals surface area (Å²) in [6.07, 6.45) is 4.02. The van der Waals surface area contributed by atoms with Crippen LogP contribution in [0.4, 0.5) is 4.79 Å². The number of carboxylic acids is 1. The molecule has 1 aliphatic rings. The van der Waals surface area contributed by atoms with E-state index in [1.54, 1.807) is 0 Å². The smallest absolute Gasteiger partial charge is 0.326 e. The van der Waals surface area contributed by atoms with E-state index in [0.29, 0.717) is 13.0 Å². The molecule has 2 N–H and O–H groups in total. The standard InChI is InChI=1S/C15H29N3O3/c1-4-6-8-13(14(19)20)16-15(21)18-10-7-9-17(3)11-12(18)5-2/h12-13H,4-11H2,1-3H3,(H,16,21)(H,19,20). The van der Waals surface area contributed by atoms with Crippen LogP contribution >= 0.6 is 0 Å². The Kier molecular flexibility index (Phi) is 7.50. The molecule has 0 aliphatic carbocycles. The number of likely N-dealkylation sites (N-methyl/N-ethyl adjacent to an activating group) is 1. The van der Waals surface area contributed by atoms with Crippen LogP contribution in [0.3, 0.4) is 0 Å². The fraction of sp³-hybridized carbons (Fsp3) is 0.867. The summed E-state index contributed by atoms with van der Waals surface area (Å²) >= 11 is 0. The van der Waals surface area contributed by atoms with Crippen molar-refractivity contribution in [2.45, 2.75) is 58.0 Å². The van der Waals surface area contributed by atoms with Crippen LogP contribution < -0.4 is 5.32 Å². The van der Waals surface area contributed by atoms with Gasteiger partial charge in [-0.2, -0.15) is 0 Å². The van der Waals surface area contributed by atoms with Crippen molar-refractivity contribution in [1.29, 1.82) is 0 Å². The molecule has 0 radical (unpaired) electrons. The fourth-order valence-corrected chi connectivity index (χ4v) is 2.76. The quantitative estimate of drug-likeness (QED) is 0.784. The second-order valence-corrected chi connectivity index (χ2v) is 5.85. The summed E-state index contributed by atoms with van der Waals surface area (Å²) in [7, 11) is 2.06. The highest BCUT2D eigenvalue weighted by Gasteiger charge is 2.28. The van der Waals surface area contributed by atoms with Gasteiger partial charge in [0, 0.05) is 19.1 Å². The van der Waals surface area contributed by atoms with Gasteiger partial charge >= 0.3 is 12.0 Å². The van der Waals surface area contributed by atoms with Crippen molar-refractivity contribution >= 4 is 12.0 Å². The zero-order chi connectivity index (χ0) is 15.8. The molecule has 0 aromatic heterocycles. The van der Waals surface area contributed by atoms with Crippen LogP contribution in [0.5, 0.6) is 0 Å². The van der Waals surface area contributed by atoms with E-state index in [4.69, 9.17) is 0 Å². The minimum atomic E-state index is -0.947. The minimum Gasteiger partial charge on any atom is -0.480 e. The van der Waals surface area contributed by atoms with Crippen LogP contribution in [0.2, 0.25) is 0 Å². The summed E-state index contributed by atoms with van der Waals surface area (Å²) in [5.41, 5.74) is 0. The van der Waals surface area contributed by atoms with Crippen molar-refractivity contribution in [3.63, 3.8) is 0 Å². The number of nitrogens with zero attached hydrogens (tertiary/aromatic N) is 2. The minimum absolute atomic E-state index is 0.151. The molecule has 1 rings (SSSR count). The molecule has 21 heavy (non-hydrogen) atoms. The number of hydrogen-bond acceptors (Lipinski definition) is 3. The maximum Gasteiger partial charge on any atom is 0.326 e. The lowest BCUT2D eigenvalue weighted by Crippen LogP contribution is -2.52. The molecule has 2 amide bonds. The zero-order valence-corrected chi connectivity index (χ0v) is 13.5. The number of unbranched alkanes of at least 4 members (excludes halogenated alkanes) is 1. The van der Waals surface area contributed by atoms with Crippen molar-refractivity contribution in [2.24, 2.45) is 0 Å². The van der Waals surface area contributed by atoms with Gasteiger partial charge in [-0.1, -0.05) is 26.7 Å². The lowest BCUT2D eigenvalue weighted by molar-refractivity contribution is -0.139. The fourth-order valence-electron chi connectivity index (χ4n) is 2.76. The monoisotopic (exact) mass is 299 g/mol. The number of carboxylic acid groups (broad SMARTS) is 1. The Morgan fingerprint density at radius 3 is 2.62 bits per heavy atom. The van der Waals surface area contributed by atoms with Gasteiger partial charge in [0.15, 0.2) is 0 Å². The van der Waals surface area contributed by atoms with Crippen molar-refractivity contribution in [2.75, 3.05) is 26.7 Å². The average Bonchev–Trinajstić information content (AvgIpc) is 2.64. The molecular weight excluding hydrogens is 270 g/mol. The number of aliphatic carboxylic acids is 1. The first-order valence-electron chi connectivity index (χ1n) is 7.98. The van der Waals surface area contributed by atoms with Crippen LogP contribution in [0.1, 0.15) is 46.0 Å². The molecule has 6 nitrogen and oxygen atoms in total. The molecule has 1 aliphatic heterocycles. The highest BCUT2D eigenvalue weighted by molar-refractivity contribution is 5.82. The molecule has 1 heterocycles. The molecule has 0 aromatic carbocycles. The van der Waals surface area contributed by atoms with Gasteiger partial charge in [0.2, 0.25) is 0 Å². The number of nitrogens with one attached hydrogen (secondary N) is 1. The Labute approximate surface area is 127 Å². The number of hydrogen-bond donors (Lipinski definition) is 2. The Bertz CT molecular complexity index is 349. The van der Waals surface area contributed by atoms with E-state index in [2.05, 4.69) is 24.2 Å². The van der Waals surface area contributed by atoms with Gasteiger partial charge in [-0.05, 0) is 32.9 Å². The van der Waals surface area contributed by atoms with Crippen LogP contribution in [0.25, 0.3) is 0 Å². The van der Waals surface area contributed by atoms with E-state index in [0.717, 1.165) is 38.8 Å². The molecular formula is C15H29N3O3. The first kappa shape index (κ1) is 17.8. The van der Waals surface area contributed by atoms with Gasteiger partial charge in [-0.15, -0.1) is 0 Å². The van der Waals surface area contributed by atoms with E-state index >= 15 is 0 Å². The van der Waals surface area contributed by atoms with Crippen LogP contribution in [-0.2, 0) is 4.79 Å². The molecule has 6 heteroatoms. The molecule has 0 bridgehead atoms. The summed E-state index contributed by atoms with van der Waals surface area (Å²) in [5.74, 6) is -0.947. The van der Waals surface area contributed by atoms with E-state index in [9.17, 15) is 14.7 Å². The third-order valence-electron chi connectivity index (χ3n) is 4.08. The zero-order valence-electron chi connectivity index (χ0n) is 13.5. The van der Waals surface area contributed by atoms with Crippen LogP contribution in [-0.4, -0.2) is 65.7 Å². The van der Waals surface area contributed by atoms with Crippen molar-refractivity contribution in [1.82, 2.24) is 15.1 Å². The molecule has 1 fully saturated rings. The molecule has 122 valence electrons. The van der Waals surface area contributed by atoms with Crippen LogP contribution in [0, 0.1) is 0 Å². The first-order valence-corrected chi connectivity index (χ1v) is 7.98. The third-order valence-corrected chi connectivity index (χ3v) is 4.08. The highest BCUT2D eigenvalue weighted by Crippen LogP contribution is 2.13. The van der Waals surface area contributed by atoms with Crippen LogP contribution in [0.15, 0.2) is 0 Å². The first-order chi connectivity index (χ1) is 9.99. The van der Waals surface area contributed by atoms with E-state index in [1.807, 2.05) is 11.8 Å². The van der Waals surface area contributed by atoms with E-state index < -0.39 is 12.0 Å². The van der Waals surface area contributed by atoms with Gasteiger partial charge in [0.1, 0.15) is 6.04 Å². The molecule has 2 atom stereocenters. The SMILES string of the molecule is CCCCC(NC(=O)N1CCCN(C)CC1CC)C(=O)O. The van der Waals surface area contributed by atoms with Gasteiger partial charge in [0.25, 0.3) is 0 Å². The second-order valence-electron chi connectivity index (χ2n) is 5.85. The van der Waals surface area contributed by atoms with Gasteiger partial charge in [0.05, 0.1) is 0 Å². The number of carbonyl (C=O) groups excluding carboxylic acids is 1. The predicted octanol–water partition coefficient (Wildman–Crippen LogP) is 1.76. The summed E-state index contributed by atoms with van der Waals surface area (Å²) in [6, 6.07) is -0.866. The van der Waals surface area contributed by atoms with Crippen molar-refractivity contribution in [3.05, 3.63) is 0 Å². The van der Waals surface area contributed by atoms with Crippen molar-refractivity contribution < 1.29 is 14.7 Å². The molecule has 2 unspecified atom stereocenters. The van der Waals surface area contributed by atoms with Gasteiger partial charge < -0.3 is 20.2 Å². The lowest BCUT2D eigenvalue weighted by atomic mass is 10.1. The molecule has 0 aromatic rings. The summed E-state index contributed by atoms with van der Waals surface area (Å²) in [4.78, 5) is 27.7. The highest BCUT2D eigenvalue weighted by atomic mass is 16.4. The lowest BCUT2D eigenvalue weighted by Gasteiger charge is -2.31. The Hall–Kier alpha value is -1.30. The van der Waals surface area contributed by atoms with E-state index in [-0.39, 0.29) is 12.1 Å². The second kappa shape index (κ2) is 8.87. The maximum absolute atomic E-state index is 12.4. The predicted molar refractivity (Wildman–Crippen MR) is 82.4 cm³/mol. The van der Waals surface area contributed by atoms with Crippen molar-refractivity contribution in [3.8, 4) is 0 Å². The Morgan fingerprint density at radius 2 is 2.05 bits per heavy atom. The number of urea groups is 1. The third kappa shape index (κ3) is 5.53. The summed E-state index contributed by atoms with van der Waals surface area (Å²) < 4.78 is 0. The molecule has 1 saturated heterocycles. The molecule has 0 spiro atoms. The summed E-state index contributed by atoms with van der Waals surface area (Å²) in [6.45, 7) is 6.58. The van der Waals surface area contributed by atoms with Gasteiger partial charge in [-0.25, -0.2) is 9.59 Å². The van der Waals surface area contributed by atoms with E-state index in [1.165, 1.54) is 0 Å². The normalized spacial score (nSPS) is 21.7. The number of amides is 2. The Balaban J connectivity index is 2.67. The maximum atomic E-state index is 12.4. The Morgan fingerprint density at radius 1 is 1.33 bits per heavy atom. The average molecular weight is 299 g/mol.